The molecule has 0 aromatic heterocycles. The molecule has 2 rings (SSSR count). The summed E-state index contributed by atoms with van der Waals surface area (Å²) in [5.74, 6) is -3.10. The minimum absolute atomic E-state index is 0.00127. The van der Waals surface area contributed by atoms with E-state index in [1.54, 1.807) is 7.05 Å². The van der Waals surface area contributed by atoms with Crippen molar-refractivity contribution in [2.24, 2.45) is 0 Å². The SMILES string of the molecule is CN(CC(=O)O)C1CCCN(CC(=O)Nc2ccc(F)c(F)c2)CC1. The van der Waals surface area contributed by atoms with Gasteiger partial charge >= 0.3 is 5.97 Å². The summed E-state index contributed by atoms with van der Waals surface area (Å²) >= 11 is 0. The Balaban J connectivity index is 1.83. The Hall–Kier alpha value is -2.06. The molecule has 6 nitrogen and oxygen atoms in total. The number of carbonyl (C=O) groups is 2. The molecule has 25 heavy (non-hydrogen) atoms. The molecular formula is C17H23F2N3O3. The summed E-state index contributed by atoms with van der Waals surface area (Å²) in [5.41, 5.74) is 0.220. The van der Waals surface area contributed by atoms with Gasteiger partial charge in [-0.25, -0.2) is 8.78 Å². The Morgan fingerprint density at radius 1 is 1.28 bits per heavy atom. The molecule has 0 radical (unpaired) electrons. The third-order valence-electron chi connectivity index (χ3n) is 4.37. The van der Waals surface area contributed by atoms with Crippen LogP contribution in [0.5, 0.6) is 0 Å². The first-order chi connectivity index (χ1) is 11.8. The van der Waals surface area contributed by atoms with Gasteiger partial charge in [-0.15, -0.1) is 0 Å². The van der Waals surface area contributed by atoms with E-state index in [9.17, 15) is 18.4 Å². The van der Waals surface area contributed by atoms with Crippen molar-refractivity contribution in [3.8, 4) is 0 Å². The lowest BCUT2D eigenvalue weighted by atomic mass is 10.1. The summed E-state index contributed by atoms with van der Waals surface area (Å²) in [5, 5.41) is 11.4. The Kier molecular flexibility index (Phi) is 6.83. The van der Waals surface area contributed by atoms with Gasteiger partial charge in [0.15, 0.2) is 11.6 Å². The molecule has 1 unspecified atom stereocenters. The van der Waals surface area contributed by atoms with E-state index in [2.05, 4.69) is 5.32 Å². The summed E-state index contributed by atoms with van der Waals surface area (Å²) in [6, 6.07) is 3.41. The zero-order chi connectivity index (χ0) is 18.4. The van der Waals surface area contributed by atoms with E-state index in [1.807, 2.05) is 9.80 Å². The molecule has 1 aliphatic heterocycles. The number of amides is 1. The lowest BCUT2D eigenvalue weighted by Gasteiger charge is -2.25. The number of anilines is 1. The minimum atomic E-state index is -1.00. The Morgan fingerprint density at radius 3 is 2.72 bits per heavy atom. The van der Waals surface area contributed by atoms with Crippen molar-refractivity contribution in [2.75, 3.05) is 38.5 Å². The van der Waals surface area contributed by atoms with Crippen molar-refractivity contribution in [1.82, 2.24) is 9.80 Å². The second-order valence-corrected chi connectivity index (χ2v) is 6.35. The molecule has 0 bridgehead atoms. The van der Waals surface area contributed by atoms with Gasteiger partial charge in [0.25, 0.3) is 0 Å². The zero-order valence-corrected chi connectivity index (χ0v) is 14.2. The number of carboxylic acid groups (broad SMARTS) is 1. The number of aliphatic carboxylic acids is 1. The number of rotatable bonds is 6. The van der Waals surface area contributed by atoms with Gasteiger partial charge in [0.2, 0.25) is 5.91 Å². The predicted molar refractivity (Wildman–Crippen MR) is 89.3 cm³/mol. The molecule has 1 heterocycles. The van der Waals surface area contributed by atoms with Crippen LogP contribution in [0.3, 0.4) is 0 Å². The molecule has 1 atom stereocenters. The van der Waals surface area contributed by atoms with Gasteiger partial charge in [-0.2, -0.15) is 0 Å². The van der Waals surface area contributed by atoms with Crippen molar-refractivity contribution in [1.29, 1.82) is 0 Å². The summed E-state index contributed by atoms with van der Waals surface area (Å²) in [4.78, 5) is 26.7. The lowest BCUT2D eigenvalue weighted by molar-refractivity contribution is -0.138. The van der Waals surface area contributed by atoms with Gasteiger partial charge in [0, 0.05) is 24.3 Å². The van der Waals surface area contributed by atoms with Crippen LogP contribution in [0.4, 0.5) is 14.5 Å². The highest BCUT2D eigenvalue weighted by Gasteiger charge is 2.22. The largest absolute Gasteiger partial charge is 0.480 e. The topological polar surface area (TPSA) is 72.9 Å². The number of hydrogen-bond donors (Lipinski definition) is 2. The molecule has 0 saturated carbocycles. The van der Waals surface area contributed by atoms with Crippen LogP contribution in [0, 0.1) is 11.6 Å². The Labute approximate surface area is 145 Å². The van der Waals surface area contributed by atoms with E-state index in [0.717, 1.165) is 37.9 Å². The molecule has 0 aliphatic carbocycles. The van der Waals surface area contributed by atoms with Gasteiger partial charge in [-0.1, -0.05) is 0 Å². The van der Waals surface area contributed by atoms with Gasteiger partial charge in [-0.05, 0) is 45.0 Å². The standard InChI is InChI=1S/C17H23F2N3O3/c1-21(11-17(24)25)13-3-2-7-22(8-6-13)10-16(23)20-12-4-5-14(18)15(19)9-12/h4-5,9,13H,2-3,6-8,10-11H2,1H3,(H,20,23)(H,24,25). The number of benzene rings is 1. The van der Waals surface area contributed by atoms with E-state index < -0.39 is 17.6 Å². The molecule has 1 aromatic carbocycles. The van der Waals surface area contributed by atoms with E-state index in [-0.39, 0.29) is 30.7 Å². The third-order valence-corrected chi connectivity index (χ3v) is 4.37. The molecule has 1 aliphatic rings. The van der Waals surface area contributed by atoms with Crippen molar-refractivity contribution < 1.29 is 23.5 Å². The number of nitrogens with one attached hydrogen (secondary N) is 1. The molecule has 0 spiro atoms. The number of likely N-dealkylation sites (tertiary alicyclic amines) is 1. The average Bonchev–Trinajstić information content (AvgIpc) is 2.76. The lowest BCUT2D eigenvalue weighted by Crippen LogP contribution is -2.37. The monoisotopic (exact) mass is 355 g/mol. The second kappa shape index (κ2) is 8.87. The fourth-order valence-electron chi connectivity index (χ4n) is 3.06. The van der Waals surface area contributed by atoms with Crippen molar-refractivity contribution >= 4 is 17.6 Å². The summed E-state index contributed by atoms with van der Waals surface area (Å²) in [6.45, 7) is 1.58. The first-order valence-corrected chi connectivity index (χ1v) is 8.24. The molecular weight excluding hydrogens is 332 g/mol. The van der Waals surface area contributed by atoms with Gasteiger partial charge in [0.05, 0.1) is 13.1 Å². The second-order valence-electron chi connectivity index (χ2n) is 6.35. The maximum absolute atomic E-state index is 13.2. The molecule has 1 fully saturated rings. The fourth-order valence-corrected chi connectivity index (χ4v) is 3.06. The summed E-state index contributed by atoms with van der Waals surface area (Å²) < 4.78 is 26.1. The highest BCUT2D eigenvalue weighted by atomic mass is 19.2. The van der Waals surface area contributed by atoms with Crippen LogP contribution in [-0.2, 0) is 9.59 Å². The number of nitrogens with zero attached hydrogens (tertiary/aromatic N) is 2. The highest BCUT2D eigenvalue weighted by molar-refractivity contribution is 5.92. The van der Waals surface area contributed by atoms with Crippen LogP contribution in [0.15, 0.2) is 18.2 Å². The zero-order valence-electron chi connectivity index (χ0n) is 14.2. The normalized spacial score (nSPS) is 18.8. The van der Waals surface area contributed by atoms with Crippen molar-refractivity contribution in [3.63, 3.8) is 0 Å². The van der Waals surface area contributed by atoms with E-state index >= 15 is 0 Å². The Morgan fingerprint density at radius 2 is 2.04 bits per heavy atom. The van der Waals surface area contributed by atoms with Crippen molar-refractivity contribution in [3.05, 3.63) is 29.8 Å². The number of carboxylic acids is 1. The quantitative estimate of drug-likeness (QED) is 0.814. The van der Waals surface area contributed by atoms with E-state index in [1.165, 1.54) is 6.07 Å². The van der Waals surface area contributed by atoms with Crippen LogP contribution in [0.2, 0.25) is 0 Å². The highest BCUT2D eigenvalue weighted by Crippen LogP contribution is 2.16. The summed E-state index contributed by atoms with van der Waals surface area (Å²) in [7, 11) is 1.80. The molecule has 1 aromatic rings. The first kappa shape index (κ1) is 19.3. The Bertz CT molecular complexity index is 627. The predicted octanol–water partition coefficient (Wildman–Crippen LogP) is 1.77. The average molecular weight is 355 g/mol. The van der Waals surface area contributed by atoms with E-state index in [4.69, 9.17) is 5.11 Å². The maximum Gasteiger partial charge on any atom is 0.317 e. The van der Waals surface area contributed by atoms with Crippen LogP contribution >= 0.6 is 0 Å². The van der Waals surface area contributed by atoms with Crippen LogP contribution < -0.4 is 5.32 Å². The number of hydrogen-bond acceptors (Lipinski definition) is 4. The van der Waals surface area contributed by atoms with Crippen LogP contribution in [-0.4, -0.2) is 66.1 Å². The van der Waals surface area contributed by atoms with Crippen molar-refractivity contribution in [2.45, 2.75) is 25.3 Å². The smallest absolute Gasteiger partial charge is 0.317 e. The third kappa shape index (κ3) is 6.06. The first-order valence-electron chi connectivity index (χ1n) is 8.24. The van der Waals surface area contributed by atoms with Crippen LogP contribution in [0.1, 0.15) is 19.3 Å². The molecule has 1 amide bonds. The molecule has 8 heteroatoms. The van der Waals surface area contributed by atoms with Gasteiger partial charge in [-0.3, -0.25) is 19.4 Å². The van der Waals surface area contributed by atoms with Gasteiger partial charge < -0.3 is 10.4 Å². The minimum Gasteiger partial charge on any atom is -0.480 e. The number of carbonyl (C=O) groups excluding carboxylic acids is 1. The molecule has 1 saturated heterocycles. The van der Waals surface area contributed by atoms with Gasteiger partial charge in [0.1, 0.15) is 0 Å². The molecule has 2 N–H and O–H groups in total. The van der Waals surface area contributed by atoms with Crippen LogP contribution in [0.25, 0.3) is 0 Å². The van der Waals surface area contributed by atoms with E-state index in [0.29, 0.717) is 6.54 Å². The number of halogens is 2. The number of likely N-dealkylation sites (N-methyl/N-ethyl adjacent to an activating group) is 1. The maximum atomic E-state index is 13.2. The summed E-state index contributed by atoms with van der Waals surface area (Å²) in [6.07, 6.45) is 2.53. The fraction of sp³-hybridized carbons (Fsp3) is 0.529. The molecule has 138 valence electrons.